The van der Waals surface area contributed by atoms with Crippen LogP contribution in [0.2, 0.25) is 0 Å². The molecule has 3 rings (SSSR count). The number of carbonyl (C=O) groups is 2. The predicted octanol–water partition coefficient (Wildman–Crippen LogP) is 1.89. The van der Waals surface area contributed by atoms with Crippen molar-refractivity contribution in [1.82, 2.24) is 15.6 Å². The van der Waals surface area contributed by atoms with Gasteiger partial charge in [0.1, 0.15) is 11.7 Å². The van der Waals surface area contributed by atoms with Gasteiger partial charge in [-0.15, -0.1) is 0 Å². The fourth-order valence-corrected chi connectivity index (χ4v) is 2.99. The molecular weight excluding hydrogens is 367 g/mol. The molecule has 2 heterocycles. The van der Waals surface area contributed by atoms with E-state index in [4.69, 9.17) is 0 Å². The molecule has 0 saturated carbocycles. The van der Waals surface area contributed by atoms with Crippen LogP contribution in [0.25, 0.3) is 0 Å². The summed E-state index contributed by atoms with van der Waals surface area (Å²) >= 11 is 0. The molecule has 0 spiro atoms. The maximum atomic E-state index is 13.7. The summed E-state index contributed by atoms with van der Waals surface area (Å²) < 4.78 is 41.0. The number of carbonyl (C=O) groups excluding carboxylic acids is 2. The van der Waals surface area contributed by atoms with Gasteiger partial charge in [-0.1, -0.05) is 12.1 Å². The molecule has 0 radical (unpaired) electrons. The van der Waals surface area contributed by atoms with Crippen LogP contribution >= 0.6 is 0 Å². The topological polar surface area (TPSA) is 112 Å². The summed E-state index contributed by atoms with van der Waals surface area (Å²) in [5.74, 6) is -3.35. The molecule has 1 saturated heterocycles. The number of rotatable bonds is 3. The van der Waals surface area contributed by atoms with Crippen molar-refractivity contribution < 1.29 is 33.0 Å². The molecule has 142 valence electrons. The Morgan fingerprint density at radius 1 is 1.19 bits per heavy atom. The number of phenolic OH excluding ortho intramolecular Hbond substituents is 1. The third-order valence-electron chi connectivity index (χ3n) is 4.29. The van der Waals surface area contributed by atoms with Gasteiger partial charge in [-0.05, 0) is 29.8 Å². The van der Waals surface area contributed by atoms with E-state index in [0.717, 1.165) is 6.20 Å². The number of aliphatic hydroxyl groups is 1. The second kappa shape index (κ2) is 6.54. The summed E-state index contributed by atoms with van der Waals surface area (Å²) in [5, 5.41) is 23.4. The third kappa shape index (κ3) is 3.31. The van der Waals surface area contributed by atoms with Crippen LogP contribution in [-0.2, 0) is 0 Å². The van der Waals surface area contributed by atoms with Crippen LogP contribution < -0.4 is 10.6 Å². The Morgan fingerprint density at radius 2 is 1.85 bits per heavy atom. The zero-order chi connectivity index (χ0) is 19.8. The van der Waals surface area contributed by atoms with Gasteiger partial charge < -0.3 is 20.8 Å². The Morgan fingerprint density at radius 3 is 2.41 bits per heavy atom. The van der Waals surface area contributed by atoms with Crippen molar-refractivity contribution >= 4 is 11.8 Å². The van der Waals surface area contributed by atoms with Crippen LogP contribution in [0.3, 0.4) is 0 Å². The number of hydrogen-bond donors (Lipinski definition) is 4. The summed E-state index contributed by atoms with van der Waals surface area (Å²) in [6, 6.07) is 4.74. The zero-order valence-electron chi connectivity index (χ0n) is 13.6. The lowest BCUT2D eigenvalue weighted by molar-refractivity contribution is -0.287. The molecule has 27 heavy (non-hydrogen) atoms. The molecule has 1 aliphatic heterocycles. The van der Waals surface area contributed by atoms with Gasteiger partial charge in [0.05, 0.1) is 6.04 Å². The van der Waals surface area contributed by atoms with Crippen molar-refractivity contribution in [2.45, 2.75) is 17.9 Å². The van der Waals surface area contributed by atoms with Gasteiger partial charge in [0.2, 0.25) is 5.72 Å². The number of benzene rings is 1. The van der Waals surface area contributed by atoms with Crippen LogP contribution in [0.4, 0.5) is 18.0 Å². The van der Waals surface area contributed by atoms with Gasteiger partial charge in [0.15, 0.2) is 5.78 Å². The minimum absolute atomic E-state index is 0.104. The highest BCUT2D eigenvalue weighted by Gasteiger charge is 2.66. The van der Waals surface area contributed by atoms with E-state index in [9.17, 15) is 33.0 Å². The molecule has 0 bridgehead atoms. The van der Waals surface area contributed by atoms with Crippen molar-refractivity contribution in [2.24, 2.45) is 5.92 Å². The second-order valence-corrected chi connectivity index (χ2v) is 6.02. The number of halogens is 3. The molecule has 4 N–H and O–H groups in total. The first kappa shape index (κ1) is 18.6. The normalized spacial score (nSPS) is 25.4. The summed E-state index contributed by atoms with van der Waals surface area (Å²) in [7, 11) is 0. The smallest absolute Gasteiger partial charge is 0.437 e. The average molecular weight is 381 g/mol. The van der Waals surface area contributed by atoms with E-state index in [1.807, 2.05) is 0 Å². The summed E-state index contributed by atoms with van der Waals surface area (Å²) in [4.78, 5) is 28.4. The first-order chi connectivity index (χ1) is 12.6. The van der Waals surface area contributed by atoms with Crippen molar-refractivity contribution in [3.05, 3.63) is 59.9 Å². The maximum absolute atomic E-state index is 13.7. The number of urea groups is 1. The third-order valence-corrected chi connectivity index (χ3v) is 4.29. The number of nitrogens with zero attached hydrogens (tertiary/aromatic N) is 1. The van der Waals surface area contributed by atoms with Crippen molar-refractivity contribution in [1.29, 1.82) is 0 Å². The number of amides is 2. The first-order valence-corrected chi connectivity index (χ1v) is 7.74. The van der Waals surface area contributed by atoms with Crippen LogP contribution in [0, 0.1) is 5.92 Å². The highest BCUT2D eigenvalue weighted by molar-refractivity contribution is 6.00. The summed E-state index contributed by atoms with van der Waals surface area (Å²) in [5.41, 5.74) is -3.86. The van der Waals surface area contributed by atoms with Crippen LogP contribution in [0.15, 0.2) is 48.8 Å². The predicted molar refractivity (Wildman–Crippen MR) is 85.6 cm³/mol. The Labute approximate surface area is 150 Å². The van der Waals surface area contributed by atoms with Crippen LogP contribution in [0.5, 0.6) is 5.75 Å². The molecule has 2 aromatic rings. The van der Waals surface area contributed by atoms with E-state index in [0.29, 0.717) is 0 Å². The largest absolute Gasteiger partial charge is 0.508 e. The highest BCUT2D eigenvalue weighted by atomic mass is 19.4. The number of Topliss-reactive ketones (excluding diaryl/α,β-unsaturated/α-hetero) is 1. The Balaban J connectivity index is 2.15. The lowest BCUT2D eigenvalue weighted by Crippen LogP contribution is -2.72. The van der Waals surface area contributed by atoms with Crippen molar-refractivity contribution in [2.75, 3.05) is 0 Å². The fourth-order valence-electron chi connectivity index (χ4n) is 2.99. The maximum Gasteiger partial charge on any atom is 0.437 e. The molecule has 1 aliphatic rings. The molecule has 0 unspecified atom stereocenters. The van der Waals surface area contributed by atoms with Crippen LogP contribution in [-0.4, -0.2) is 38.9 Å². The SMILES string of the molecule is O=C1N[C@@H](c2ccc(O)cc2)[C@@H](C(=O)c2cccnc2)[C@](O)(C(F)(F)F)N1. The Kier molecular flexibility index (Phi) is 4.52. The Hall–Kier alpha value is -3.14. The molecule has 0 aliphatic carbocycles. The van der Waals surface area contributed by atoms with E-state index in [2.05, 4.69) is 10.3 Å². The van der Waals surface area contributed by atoms with E-state index in [1.165, 1.54) is 47.9 Å². The Bertz CT molecular complexity index is 858. The number of pyridine rings is 1. The van der Waals surface area contributed by atoms with Crippen molar-refractivity contribution in [3.63, 3.8) is 0 Å². The molecule has 2 amide bonds. The number of hydrogen-bond acceptors (Lipinski definition) is 5. The van der Waals surface area contributed by atoms with Crippen molar-refractivity contribution in [3.8, 4) is 5.75 Å². The molecule has 1 aromatic carbocycles. The van der Waals surface area contributed by atoms with Crippen LogP contribution in [0.1, 0.15) is 22.0 Å². The quantitative estimate of drug-likeness (QED) is 0.607. The number of nitrogens with one attached hydrogen (secondary N) is 2. The second-order valence-electron chi connectivity index (χ2n) is 6.02. The molecule has 3 atom stereocenters. The van der Waals surface area contributed by atoms with Gasteiger partial charge in [-0.2, -0.15) is 13.2 Å². The van der Waals surface area contributed by atoms with Gasteiger partial charge in [-0.3, -0.25) is 9.78 Å². The minimum Gasteiger partial charge on any atom is -0.508 e. The molecule has 10 heteroatoms. The lowest BCUT2D eigenvalue weighted by Gasteiger charge is -2.45. The molecule has 1 fully saturated rings. The highest BCUT2D eigenvalue weighted by Crippen LogP contribution is 2.44. The molecule has 1 aromatic heterocycles. The van der Waals surface area contributed by atoms with E-state index in [1.54, 1.807) is 0 Å². The van der Waals surface area contributed by atoms with E-state index >= 15 is 0 Å². The number of aromatic hydroxyl groups is 1. The number of alkyl halides is 3. The standard InChI is InChI=1S/C17H14F3N3O4/c18-17(19,20)16(27)12(14(25)10-2-1-7-21-8-10)13(22-15(26)23-16)9-3-5-11(24)6-4-9/h1-8,12-13,24,27H,(H2,22,23,26)/t12-,13-,16-/m0/s1. The van der Waals surface area contributed by atoms with Gasteiger partial charge in [0, 0.05) is 18.0 Å². The van der Waals surface area contributed by atoms with Gasteiger partial charge in [-0.25, -0.2) is 4.79 Å². The van der Waals surface area contributed by atoms with Gasteiger partial charge >= 0.3 is 12.2 Å². The number of ketones is 1. The molecule has 7 nitrogen and oxygen atoms in total. The van der Waals surface area contributed by atoms with E-state index in [-0.39, 0.29) is 16.9 Å². The minimum atomic E-state index is -5.33. The van der Waals surface area contributed by atoms with E-state index < -0.39 is 35.7 Å². The monoisotopic (exact) mass is 381 g/mol. The summed E-state index contributed by atoms with van der Waals surface area (Å²) in [6.45, 7) is 0. The lowest BCUT2D eigenvalue weighted by atomic mass is 9.77. The fraction of sp³-hybridized carbons (Fsp3) is 0.235. The first-order valence-electron chi connectivity index (χ1n) is 7.74. The average Bonchev–Trinajstić information content (AvgIpc) is 2.61. The summed E-state index contributed by atoms with van der Waals surface area (Å²) in [6.07, 6.45) is -2.92. The number of phenols is 1. The zero-order valence-corrected chi connectivity index (χ0v) is 13.6. The van der Waals surface area contributed by atoms with Gasteiger partial charge in [0.25, 0.3) is 0 Å². The number of aromatic nitrogens is 1. The molecular formula is C17H14F3N3O4.